The molecule has 29 heavy (non-hydrogen) atoms. The summed E-state index contributed by atoms with van der Waals surface area (Å²) in [5.74, 6) is 1.78. The predicted molar refractivity (Wildman–Crippen MR) is 106 cm³/mol. The summed E-state index contributed by atoms with van der Waals surface area (Å²) in [6.07, 6.45) is 2.99. The van der Waals surface area contributed by atoms with E-state index in [1.165, 1.54) is 19.5 Å². The van der Waals surface area contributed by atoms with Gasteiger partial charge in [0.15, 0.2) is 11.5 Å². The Kier molecular flexibility index (Phi) is 6.71. The number of amides is 1. The first-order valence-electron chi connectivity index (χ1n) is 9.26. The largest absolute Gasteiger partial charge is 0.493 e. The fourth-order valence-electron chi connectivity index (χ4n) is 3.31. The quantitative estimate of drug-likeness (QED) is 0.688. The number of piperazine rings is 1. The van der Waals surface area contributed by atoms with Crippen molar-refractivity contribution in [3.05, 3.63) is 35.7 Å². The standard InChI is InChI=1S/C20H26N4O5/c1-26-16-9-14(10-17(27-2)18(16)28-3)13-23-5-7-24(8-6-23)19(25)15-11-21-20(29-4)22-12-15/h9-12H,5-8,13H2,1-4H3. The van der Waals surface area contributed by atoms with Gasteiger partial charge in [-0.2, -0.15) is 0 Å². The van der Waals surface area contributed by atoms with Gasteiger partial charge in [-0.15, -0.1) is 0 Å². The zero-order valence-corrected chi connectivity index (χ0v) is 17.2. The number of carbonyl (C=O) groups is 1. The number of carbonyl (C=O) groups excluding carboxylic acids is 1. The van der Waals surface area contributed by atoms with Crippen LogP contribution in [0.15, 0.2) is 24.5 Å². The molecular weight excluding hydrogens is 376 g/mol. The number of hydrogen-bond donors (Lipinski definition) is 0. The van der Waals surface area contributed by atoms with Crippen LogP contribution >= 0.6 is 0 Å². The molecule has 0 saturated carbocycles. The van der Waals surface area contributed by atoms with Gasteiger partial charge in [0, 0.05) is 45.1 Å². The van der Waals surface area contributed by atoms with Gasteiger partial charge in [-0.05, 0) is 17.7 Å². The number of benzene rings is 1. The first-order chi connectivity index (χ1) is 14.1. The van der Waals surface area contributed by atoms with Gasteiger partial charge < -0.3 is 23.8 Å². The van der Waals surface area contributed by atoms with E-state index in [4.69, 9.17) is 18.9 Å². The number of methoxy groups -OCH3 is 4. The smallest absolute Gasteiger partial charge is 0.316 e. The highest BCUT2D eigenvalue weighted by Crippen LogP contribution is 2.38. The van der Waals surface area contributed by atoms with Crippen LogP contribution in [0.5, 0.6) is 23.3 Å². The molecule has 1 aliphatic heterocycles. The molecule has 9 heteroatoms. The van der Waals surface area contributed by atoms with Gasteiger partial charge in [-0.25, -0.2) is 9.97 Å². The van der Waals surface area contributed by atoms with Crippen LogP contribution < -0.4 is 18.9 Å². The molecule has 156 valence electrons. The van der Waals surface area contributed by atoms with Gasteiger partial charge in [-0.1, -0.05) is 0 Å². The van der Waals surface area contributed by atoms with E-state index in [1.54, 1.807) is 21.3 Å². The minimum Gasteiger partial charge on any atom is -0.493 e. The molecule has 1 amide bonds. The summed E-state index contributed by atoms with van der Waals surface area (Å²) in [6, 6.07) is 4.15. The molecule has 1 aliphatic rings. The molecule has 0 unspecified atom stereocenters. The van der Waals surface area contributed by atoms with E-state index >= 15 is 0 Å². The first kappa shape index (κ1) is 20.7. The van der Waals surface area contributed by atoms with Crippen molar-refractivity contribution in [2.45, 2.75) is 6.54 Å². The zero-order valence-electron chi connectivity index (χ0n) is 17.2. The van der Waals surface area contributed by atoms with Crippen molar-refractivity contribution in [1.82, 2.24) is 19.8 Å². The van der Waals surface area contributed by atoms with Crippen molar-refractivity contribution < 1.29 is 23.7 Å². The van der Waals surface area contributed by atoms with E-state index in [2.05, 4.69) is 14.9 Å². The zero-order chi connectivity index (χ0) is 20.8. The second-order valence-corrected chi connectivity index (χ2v) is 6.56. The van der Waals surface area contributed by atoms with Crippen LogP contribution in [0.1, 0.15) is 15.9 Å². The Hall–Kier alpha value is -3.07. The minimum absolute atomic E-state index is 0.0694. The lowest BCUT2D eigenvalue weighted by Gasteiger charge is -2.34. The van der Waals surface area contributed by atoms with E-state index in [-0.39, 0.29) is 11.9 Å². The Morgan fingerprint density at radius 3 is 1.97 bits per heavy atom. The van der Waals surface area contributed by atoms with Crippen molar-refractivity contribution in [3.8, 4) is 23.3 Å². The second-order valence-electron chi connectivity index (χ2n) is 6.56. The average molecular weight is 402 g/mol. The molecule has 1 saturated heterocycles. The maximum Gasteiger partial charge on any atom is 0.316 e. The summed E-state index contributed by atoms with van der Waals surface area (Å²) in [6.45, 7) is 3.52. The highest BCUT2D eigenvalue weighted by atomic mass is 16.5. The summed E-state index contributed by atoms with van der Waals surface area (Å²) in [5.41, 5.74) is 1.52. The third kappa shape index (κ3) is 4.68. The summed E-state index contributed by atoms with van der Waals surface area (Å²) in [7, 11) is 6.29. The maximum atomic E-state index is 12.6. The molecule has 0 radical (unpaired) electrons. The Balaban J connectivity index is 1.61. The molecular formula is C20H26N4O5. The maximum absolute atomic E-state index is 12.6. The molecule has 0 aliphatic carbocycles. The average Bonchev–Trinajstić information content (AvgIpc) is 2.78. The van der Waals surface area contributed by atoms with Crippen molar-refractivity contribution in [1.29, 1.82) is 0 Å². The molecule has 1 fully saturated rings. The van der Waals surface area contributed by atoms with Gasteiger partial charge in [0.2, 0.25) is 5.75 Å². The van der Waals surface area contributed by atoms with Gasteiger partial charge in [0.25, 0.3) is 5.91 Å². The fourth-order valence-corrected chi connectivity index (χ4v) is 3.31. The molecule has 3 rings (SSSR count). The number of rotatable bonds is 7. The van der Waals surface area contributed by atoms with E-state index in [0.29, 0.717) is 35.9 Å². The van der Waals surface area contributed by atoms with Crippen molar-refractivity contribution in [3.63, 3.8) is 0 Å². The van der Waals surface area contributed by atoms with Crippen molar-refractivity contribution in [2.24, 2.45) is 0 Å². The highest BCUT2D eigenvalue weighted by Gasteiger charge is 2.23. The Labute approximate surface area is 170 Å². The number of nitrogens with zero attached hydrogens (tertiary/aromatic N) is 4. The summed E-state index contributed by atoms with van der Waals surface area (Å²) in [4.78, 5) is 24.8. The van der Waals surface area contributed by atoms with Crippen LogP contribution in [-0.2, 0) is 6.54 Å². The molecule has 0 spiro atoms. The van der Waals surface area contributed by atoms with E-state index in [0.717, 1.165) is 25.2 Å². The van der Waals surface area contributed by atoms with E-state index in [1.807, 2.05) is 17.0 Å². The van der Waals surface area contributed by atoms with Gasteiger partial charge in [-0.3, -0.25) is 9.69 Å². The van der Waals surface area contributed by atoms with Crippen LogP contribution in [0.4, 0.5) is 0 Å². The van der Waals surface area contributed by atoms with Crippen LogP contribution in [0.2, 0.25) is 0 Å². The third-order valence-corrected chi connectivity index (χ3v) is 4.85. The van der Waals surface area contributed by atoms with Crippen LogP contribution in [0, 0.1) is 0 Å². The molecule has 0 N–H and O–H groups in total. The first-order valence-corrected chi connectivity index (χ1v) is 9.26. The lowest BCUT2D eigenvalue weighted by molar-refractivity contribution is 0.0627. The molecule has 1 aromatic carbocycles. The van der Waals surface area contributed by atoms with E-state index < -0.39 is 0 Å². The molecule has 2 aromatic rings. The number of aromatic nitrogens is 2. The summed E-state index contributed by atoms with van der Waals surface area (Å²) in [5, 5.41) is 0. The number of hydrogen-bond acceptors (Lipinski definition) is 8. The molecule has 9 nitrogen and oxygen atoms in total. The normalized spacial score (nSPS) is 14.4. The lowest BCUT2D eigenvalue weighted by Crippen LogP contribution is -2.48. The summed E-state index contributed by atoms with van der Waals surface area (Å²) < 4.78 is 21.2. The monoisotopic (exact) mass is 402 g/mol. The van der Waals surface area contributed by atoms with Crippen LogP contribution in [-0.4, -0.2) is 80.3 Å². The highest BCUT2D eigenvalue weighted by molar-refractivity contribution is 5.93. The fraction of sp³-hybridized carbons (Fsp3) is 0.450. The molecule has 2 heterocycles. The van der Waals surface area contributed by atoms with Crippen molar-refractivity contribution >= 4 is 5.91 Å². The predicted octanol–water partition coefficient (Wildman–Crippen LogP) is 1.47. The van der Waals surface area contributed by atoms with Gasteiger partial charge in [0.05, 0.1) is 34.0 Å². The van der Waals surface area contributed by atoms with Gasteiger partial charge >= 0.3 is 6.01 Å². The molecule has 0 atom stereocenters. The molecule has 0 bridgehead atoms. The lowest BCUT2D eigenvalue weighted by atomic mass is 10.1. The number of ether oxygens (including phenoxy) is 4. The Morgan fingerprint density at radius 1 is 0.897 bits per heavy atom. The van der Waals surface area contributed by atoms with Gasteiger partial charge in [0.1, 0.15) is 0 Å². The van der Waals surface area contributed by atoms with E-state index in [9.17, 15) is 4.79 Å². The second kappa shape index (κ2) is 9.42. The SMILES string of the molecule is COc1ncc(C(=O)N2CCN(Cc3cc(OC)c(OC)c(OC)c3)CC2)cn1. The Morgan fingerprint density at radius 2 is 1.48 bits per heavy atom. The Bertz CT molecular complexity index is 810. The van der Waals surface area contributed by atoms with Crippen molar-refractivity contribution in [2.75, 3.05) is 54.6 Å². The van der Waals surface area contributed by atoms with Crippen LogP contribution in [0.3, 0.4) is 0 Å². The topological polar surface area (TPSA) is 86.3 Å². The third-order valence-electron chi connectivity index (χ3n) is 4.85. The van der Waals surface area contributed by atoms with Crippen LogP contribution in [0.25, 0.3) is 0 Å². The summed E-state index contributed by atoms with van der Waals surface area (Å²) >= 11 is 0. The molecule has 1 aromatic heterocycles. The minimum atomic E-state index is -0.0694.